The van der Waals surface area contributed by atoms with Gasteiger partial charge in [-0.05, 0) is 12.0 Å². The first-order chi connectivity index (χ1) is 8.74. The van der Waals surface area contributed by atoms with Crippen molar-refractivity contribution in [2.75, 3.05) is 0 Å². The van der Waals surface area contributed by atoms with Crippen LogP contribution >= 0.6 is 0 Å². The Hall–Kier alpha value is -0.487. The molecule has 3 heteroatoms. The third-order valence-corrected chi connectivity index (χ3v) is 3.58. The second-order valence-corrected chi connectivity index (χ2v) is 5.06. The van der Waals surface area contributed by atoms with Crippen LogP contribution in [0.4, 0.5) is 0 Å². The van der Waals surface area contributed by atoms with Gasteiger partial charge in [-0.2, -0.15) is 6.07 Å². The second-order valence-electron chi connectivity index (χ2n) is 5.06. The van der Waals surface area contributed by atoms with Crippen LogP contribution in [0.2, 0.25) is 0 Å². The van der Waals surface area contributed by atoms with Gasteiger partial charge in [-0.3, -0.25) is 0 Å². The van der Waals surface area contributed by atoms with Crippen molar-refractivity contribution in [2.24, 2.45) is 0 Å². The molecular formula is C18H17Cl2Zr. The van der Waals surface area contributed by atoms with Gasteiger partial charge in [-0.1, -0.05) is 55.8 Å². The van der Waals surface area contributed by atoms with Crippen LogP contribution in [0.5, 0.6) is 0 Å². The molecule has 0 aromatic heterocycles. The van der Waals surface area contributed by atoms with E-state index < -0.39 is 0 Å². The number of halogens is 2. The summed E-state index contributed by atoms with van der Waals surface area (Å²) in [5.41, 5.74) is 5.53. The van der Waals surface area contributed by atoms with Crippen LogP contribution in [0.1, 0.15) is 22.3 Å². The zero-order valence-electron chi connectivity index (χ0n) is 12.2. The molecule has 0 heterocycles. The molecule has 0 atom stereocenters. The van der Waals surface area contributed by atoms with Crippen molar-refractivity contribution >= 4 is 10.8 Å². The molecule has 0 aliphatic heterocycles. The molecule has 0 saturated carbocycles. The number of aryl methyl sites for hydroxylation is 2. The van der Waals surface area contributed by atoms with Crippen LogP contribution in [0.25, 0.3) is 10.8 Å². The molecule has 0 spiro atoms. The normalized spacial score (nSPS) is 9.43. The SMILES string of the molecule is Cc1cc2c(Cc3ccccc3)ccc(C)c2[cH-]1.[Cl-].[Cl-].[Zr+3]. The van der Waals surface area contributed by atoms with E-state index in [0.717, 1.165) is 6.42 Å². The topological polar surface area (TPSA) is 0 Å². The summed E-state index contributed by atoms with van der Waals surface area (Å²) in [7, 11) is 0. The van der Waals surface area contributed by atoms with Crippen LogP contribution in [-0.2, 0) is 32.6 Å². The average molecular weight is 395 g/mol. The summed E-state index contributed by atoms with van der Waals surface area (Å²) in [6, 6.07) is 19.8. The number of hydrogen-bond donors (Lipinski definition) is 0. The van der Waals surface area contributed by atoms with Crippen LogP contribution in [0.3, 0.4) is 0 Å². The predicted molar refractivity (Wildman–Crippen MR) is 78.3 cm³/mol. The molecule has 3 aromatic carbocycles. The molecule has 0 aliphatic rings. The van der Waals surface area contributed by atoms with Crippen LogP contribution in [-0.4, -0.2) is 0 Å². The van der Waals surface area contributed by atoms with Gasteiger partial charge in [0.1, 0.15) is 0 Å². The van der Waals surface area contributed by atoms with Gasteiger partial charge in [0.25, 0.3) is 0 Å². The van der Waals surface area contributed by atoms with Crippen molar-refractivity contribution < 1.29 is 51.0 Å². The molecule has 0 amide bonds. The minimum atomic E-state index is 0. The van der Waals surface area contributed by atoms with E-state index in [1.54, 1.807) is 0 Å². The van der Waals surface area contributed by atoms with E-state index >= 15 is 0 Å². The summed E-state index contributed by atoms with van der Waals surface area (Å²) in [6.45, 7) is 4.36. The molecule has 21 heavy (non-hydrogen) atoms. The largest absolute Gasteiger partial charge is 3.00 e. The van der Waals surface area contributed by atoms with Crippen molar-refractivity contribution in [1.82, 2.24) is 0 Å². The maximum absolute atomic E-state index is 2.31. The molecule has 0 bridgehead atoms. The van der Waals surface area contributed by atoms with Gasteiger partial charge in [-0.25, -0.2) is 0 Å². The Morgan fingerprint density at radius 2 is 1.57 bits per heavy atom. The predicted octanol–water partition coefficient (Wildman–Crippen LogP) is -1.23. The Morgan fingerprint density at radius 3 is 2.24 bits per heavy atom. The summed E-state index contributed by atoms with van der Waals surface area (Å²) >= 11 is 0. The van der Waals surface area contributed by atoms with E-state index in [9.17, 15) is 0 Å². The van der Waals surface area contributed by atoms with Gasteiger partial charge < -0.3 is 24.8 Å². The number of fused-ring (bicyclic) bond motifs is 1. The van der Waals surface area contributed by atoms with E-state index in [4.69, 9.17) is 0 Å². The van der Waals surface area contributed by atoms with E-state index in [1.165, 1.54) is 33.0 Å². The molecule has 0 aliphatic carbocycles. The Bertz CT molecular complexity index is 687. The minimum Gasteiger partial charge on any atom is -1.00 e. The third kappa shape index (κ3) is 4.49. The Kier molecular flexibility index (Phi) is 8.63. The van der Waals surface area contributed by atoms with Crippen LogP contribution in [0, 0.1) is 13.8 Å². The molecule has 0 unspecified atom stereocenters. The van der Waals surface area contributed by atoms with Crippen molar-refractivity contribution in [2.45, 2.75) is 20.3 Å². The Labute approximate surface area is 158 Å². The first kappa shape index (κ1) is 20.5. The molecule has 0 fully saturated rings. The number of benzene rings is 2. The average Bonchev–Trinajstić information content (AvgIpc) is 2.77. The fourth-order valence-electron chi connectivity index (χ4n) is 2.62. The zero-order chi connectivity index (χ0) is 12.5. The fourth-order valence-corrected chi connectivity index (χ4v) is 2.62. The summed E-state index contributed by atoms with van der Waals surface area (Å²) in [5, 5.41) is 2.82. The van der Waals surface area contributed by atoms with Crippen molar-refractivity contribution in [3.05, 3.63) is 76.9 Å². The standard InChI is InChI=1S/C18H17.2ClH.Zr/c1-13-10-17-14(2)8-9-16(18(17)11-13)12-15-6-4-3-5-7-15;;;/h3-11H,12H2,1-2H3;2*1H;/q-1;;;+3/p-2. The molecule has 3 aromatic rings. The van der Waals surface area contributed by atoms with Gasteiger partial charge in [0, 0.05) is 0 Å². The molecule has 0 N–H and O–H groups in total. The molecule has 1 radical (unpaired) electrons. The van der Waals surface area contributed by atoms with Crippen LogP contribution < -0.4 is 24.8 Å². The summed E-state index contributed by atoms with van der Waals surface area (Å²) in [4.78, 5) is 0. The Balaban J connectivity index is 0.00000133. The summed E-state index contributed by atoms with van der Waals surface area (Å²) in [6.07, 6.45) is 1.01. The maximum Gasteiger partial charge on any atom is 3.00 e. The first-order valence-electron chi connectivity index (χ1n) is 6.43. The second kappa shape index (κ2) is 8.83. The third-order valence-electron chi connectivity index (χ3n) is 3.58. The van der Waals surface area contributed by atoms with Gasteiger partial charge in [0.15, 0.2) is 0 Å². The Morgan fingerprint density at radius 1 is 0.905 bits per heavy atom. The zero-order valence-corrected chi connectivity index (χ0v) is 16.1. The first-order valence-corrected chi connectivity index (χ1v) is 6.43. The van der Waals surface area contributed by atoms with Gasteiger partial charge >= 0.3 is 26.2 Å². The molecule has 0 saturated heterocycles. The quantitative estimate of drug-likeness (QED) is 0.477. The smallest absolute Gasteiger partial charge is 1.00 e. The van der Waals surface area contributed by atoms with Crippen molar-refractivity contribution in [3.8, 4) is 0 Å². The van der Waals surface area contributed by atoms with Gasteiger partial charge in [0.05, 0.1) is 0 Å². The summed E-state index contributed by atoms with van der Waals surface area (Å²) < 4.78 is 0. The van der Waals surface area contributed by atoms with Gasteiger partial charge in [0.2, 0.25) is 0 Å². The van der Waals surface area contributed by atoms with Crippen molar-refractivity contribution in [3.63, 3.8) is 0 Å². The fraction of sp³-hybridized carbons (Fsp3) is 0.167. The summed E-state index contributed by atoms with van der Waals surface area (Å²) in [5.74, 6) is 0. The van der Waals surface area contributed by atoms with Crippen LogP contribution in [0.15, 0.2) is 54.6 Å². The van der Waals surface area contributed by atoms with E-state index in [0.29, 0.717) is 0 Å². The number of hydrogen-bond acceptors (Lipinski definition) is 0. The number of rotatable bonds is 2. The minimum absolute atomic E-state index is 0. The van der Waals surface area contributed by atoms with Crippen molar-refractivity contribution in [1.29, 1.82) is 0 Å². The van der Waals surface area contributed by atoms with Gasteiger partial charge in [-0.15, -0.1) is 34.0 Å². The monoisotopic (exact) mass is 393 g/mol. The molecular weight excluding hydrogens is 378 g/mol. The van der Waals surface area contributed by atoms with E-state index in [1.807, 2.05) is 0 Å². The molecule has 3 rings (SSSR count). The molecule has 0 nitrogen and oxygen atoms in total. The van der Waals surface area contributed by atoms with E-state index in [-0.39, 0.29) is 51.0 Å². The maximum atomic E-state index is 2.31. The molecule has 107 valence electrons. The van der Waals surface area contributed by atoms with E-state index in [2.05, 4.69) is 68.4 Å².